The fraction of sp³-hybridized carbons (Fsp3) is 0.588. The quantitative estimate of drug-likeness (QED) is 0.930. The molecular weight excluding hydrogens is 283 g/mol. The molecule has 1 aromatic rings. The first-order chi connectivity index (χ1) is 10.3. The molecule has 0 radical (unpaired) electrons. The van der Waals surface area contributed by atoms with E-state index in [1.807, 2.05) is 51.1 Å². The number of alkyl halides is 1. The van der Waals surface area contributed by atoms with Gasteiger partial charge in [0.05, 0.1) is 0 Å². The van der Waals surface area contributed by atoms with Crippen LogP contribution in [0.2, 0.25) is 0 Å². The van der Waals surface area contributed by atoms with Crippen LogP contribution >= 0.6 is 0 Å². The smallest absolute Gasteiger partial charge is 0.407 e. The first kappa shape index (κ1) is 16.7. The minimum absolute atomic E-state index is 0.184. The van der Waals surface area contributed by atoms with Gasteiger partial charge in [0.25, 0.3) is 0 Å². The fourth-order valence-electron chi connectivity index (χ4n) is 2.61. The van der Waals surface area contributed by atoms with Gasteiger partial charge in [-0.3, -0.25) is 4.90 Å². The van der Waals surface area contributed by atoms with Crippen molar-refractivity contribution in [3.05, 3.63) is 35.9 Å². The second-order valence-corrected chi connectivity index (χ2v) is 6.84. The van der Waals surface area contributed by atoms with Crippen LogP contribution in [0.3, 0.4) is 0 Å². The zero-order valence-electron chi connectivity index (χ0n) is 13.5. The molecule has 2 rings (SSSR count). The molecule has 1 saturated heterocycles. The Labute approximate surface area is 131 Å². The van der Waals surface area contributed by atoms with E-state index in [0.717, 1.165) is 6.54 Å². The van der Waals surface area contributed by atoms with E-state index in [4.69, 9.17) is 4.74 Å². The Morgan fingerprint density at radius 3 is 2.64 bits per heavy atom. The van der Waals surface area contributed by atoms with Crippen molar-refractivity contribution < 1.29 is 13.9 Å². The summed E-state index contributed by atoms with van der Waals surface area (Å²) in [7, 11) is 0. The summed E-state index contributed by atoms with van der Waals surface area (Å²) in [5.41, 5.74) is 0.643. The molecule has 1 aromatic carbocycles. The van der Waals surface area contributed by atoms with Gasteiger partial charge in [-0.25, -0.2) is 9.18 Å². The second-order valence-electron chi connectivity index (χ2n) is 6.84. The Kier molecular flexibility index (Phi) is 5.40. The number of halogens is 1. The molecule has 0 spiro atoms. The van der Waals surface area contributed by atoms with Crippen molar-refractivity contribution in [2.45, 2.75) is 39.1 Å². The van der Waals surface area contributed by atoms with E-state index in [1.54, 1.807) is 0 Å². The summed E-state index contributed by atoms with van der Waals surface area (Å²) < 4.78 is 19.3. The number of likely N-dealkylation sites (tertiary alicyclic amines) is 1. The molecule has 22 heavy (non-hydrogen) atoms. The van der Waals surface area contributed by atoms with Crippen LogP contribution in [0.25, 0.3) is 0 Å². The van der Waals surface area contributed by atoms with Gasteiger partial charge in [-0.15, -0.1) is 0 Å². The van der Waals surface area contributed by atoms with Crippen LogP contribution in [0, 0.1) is 5.92 Å². The highest BCUT2D eigenvalue weighted by atomic mass is 19.1. The van der Waals surface area contributed by atoms with Gasteiger partial charge >= 0.3 is 6.09 Å². The monoisotopic (exact) mass is 308 g/mol. The lowest BCUT2D eigenvalue weighted by molar-refractivity contribution is 0.0515. The molecule has 0 aliphatic carbocycles. The van der Waals surface area contributed by atoms with Gasteiger partial charge in [0.1, 0.15) is 11.8 Å². The molecule has 1 heterocycles. The van der Waals surface area contributed by atoms with Crippen LogP contribution in [0.1, 0.15) is 26.3 Å². The number of alkyl carbamates (subject to hydrolysis) is 1. The molecule has 0 aromatic heterocycles. The van der Waals surface area contributed by atoms with Crippen molar-refractivity contribution in [1.82, 2.24) is 10.2 Å². The number of amides is 1. The number of benzene rings is 1. The lowest BCUT2D eigenvalue weighted by atomic mass is 10.1. The molecule has 4 nitrogen and oxygen atoms in total. The van der Waals surface area contributed by atoms with E-state index < -0.39 is 17.9 Å². The molecule has 0 bridgehead atoms. The van der Waals surface area contributed by atoms with E-state index >= 15 is 0 Å². The zero-order chi connectivity index (χ0) is 16.2. The molecule has 1 amide bonds. The molecular formula is C17H25FN2O2. The third kappa shape index (κ3) is 5.30. The minimum Gasteiger partial charge on any atom is -0.444 e. The van der Waals surface area contributed by atoms with E-state index in [2.05, 4.69) is 10.2 Å². The maximum atomic E-state index is 14.1. The summed E-state index contributed by atoms with van der Waals surface area (Å²) in [6.45, 7) is 7.53. The van der Waals surface area contributed by atoms with Crippen LogP contribution in [0.15, 0.2) is 30.3 Å². The van der Waals surface area contributed by atoms with Crippen molar-refractivity contribution in [3.8, 4) is 0 Å². The first-order valence-corrected chi connectivity index (χ1v) is 7.71. The lowest BCUT2D eigenvalue weighted by Gasteiger charge is -2.21. The van der Waals surface area contributed by atoms with Crippen molar-refractivity contribution in [2.24, 2.45) is 5.92 Å². The number of carbonyl (C=O) groups excluding carboxylic acids is 1. The Bertz CT molecular complexity index is 487. The maximum absolute atomic E-state index is 14.1. The number of nitrogens with zero attached hydrogens (tertiary/aromatic N) is 1. The first-order valence-electron chi connectivity index (χ1n) is 7.71. The molecule has 0 unspecified atom stereocenters. The summed E-state index contributed by atoms with van der Waals surface area (Å²) in [5.74, 6) is -0.184. The van der Waals surface area contributed by atoms with E-state index in [-0.39, 0.29) is 5.92 Å². The highest BCUT2D eigenvalue weighted by Gasteiger charge is 2.33. The fourth-order valence-corrected chi connectivity index (χ4v) is 2.61. The molecule has 5 heteroatoms. The lowest BCUT2D eigenvalue weighted by Crippen LogP contribution is -2.37. The van der Waals surface area contributed by atoms with Crippen molar-refractivity contribution >= 4 is 6.09 Å². The third-order valence-corrected chi connectivity index (χ3v) is 3.59. The van der Waals surface area contributed by atoms with Crippen LogP contribution in [-0.2, 0) is 11.3 Å². The van der Waals surface area contributed by atoms with Gasteiger partial charge in [-0.1, -0.05) is 30.3 Å². The van der Waals surface area contributed by atoms with Gasteiger partial charge in [0.2, 0.25) is 0 Å². The molecule has 0 saturated carbocycles. The maximum Gasteiger partial charge on any atom is 0.407 e. The van der Waals surface area contributed by atoms with Gasteiger partial charge in [-0.05, 0) is 26.3 Å². The Morgan fingerprint density at radius 2 is 2.00 bits per heavy atom. The SMILES string of the molecule is CC(C)(C)OC(=O)NC[C@H]1CN(Cc2ccccc2)C[C@H]1F. The van der Waals surface area contributed by atoms with Crippen LogP contribution in [0.4, 0.5) is 9.18 Å². The van der Waals surface area contributed by atoms with E-state index in [0.29, 0.717) is 19.6 Å². The molecule has 1 aliphatic rings. The predicted molar refractivity (Wildman–Crippen MR) is 84.3 cm³/mol. The zero-order valence-corrected chi connectivity index (χ0v) is 13.5. The van der Waals surface area contributed by atoms with Crippen molar-refractivity contribution in [2.75, 3.05) is 19.6 Å². The van der Waals surface area contributed by atoms with Gasteiger partial charge < -0.3 is 10.1 Å². The van der Waals surface area contributed by atoms with E-state index in [9.17, 15) is 9.18 Å². The molecule has 2 atom stereocenters. The Morgan fingerprint density at radius 1 is 1.32 bits per heavy atom. The van der Waals surface area contributed by atoms with Crippen molar-refractivity contribution in [1.29, 1.82) is 0 Å². The number of rotatable bonds is 4. The van der Waals surface area contributed by atoms with E-state index in [1.165, 1.54) is 5.56 Å². The highest BCUT2D eigenvalue weighted by molar-refractivity contribution is 5.67. The number of carbonyl (C=O) groups is 1. The largest absolute Gasteiger partial charge is 0.444 e. The summed E-state index contributed by atoms with van der Waals surface area (Å²) in [4.78, 5) is 13.7. The average Bonchev–Trinajstić information content (AvgIpc) is 2.76. The Hall–Kier alpha value is -1.62. The summed E-state index contributed by atoms with van der Waals surface area (Å²) in [6, 6.07) is 10.0. The topological polar surface area (TPSA) is 41.6 Å². The molecule has 1 fully saturated rings. The van der Waals surface area contributed by atoms with Gasteiger partial charge in [0, 0.05) is 32.1 Å². The normalized spacial score (nSPS) is 22.5. The molecule has 122 valence electrons. The summed E-state index contributed by atoms with van der Waals surface area (Å²) >= 11 is 0. The Balaban J connectivity index is 1.78. The number of nitrogens with one attached hydrogen (secondary N) is 1. The average molecular weight is 308 g/mol. The number of hydrogen-bond donors (Lipinski definition) is 1. The van der Waals surface area contributed by atoms with Crippen LogP contribution in [-0.4, -0.2) is 42.4 Å². The molecule has 1 aliphatic heterocycles. The highest BCUT2D eigenvalue weighted by Crippen LogP contribution is 2.21. The predicted octanol–water partition coefficient (Wildman–Crippen LogP) is 2.98. The minimum atomic E-state index is -0.918. The summed E-state index contributed by atoms with van der Waals surface area (Å²) in [5, 5.41) is 2.67. The standard InChI is InChI=1S/C17H25FN2O2/c1-17(2,3)22-16(21)19-9-14-11-20(12-15(14)18)10-13-7-5-4-6-8-13/h4-8,14-15H,9-12H2,1-3H3,(H,19,21)/t14-,15+/m0/s1. The number of hydrogen-bond acceptors (Lipinski definition) is 3. The molecule has 1 N–H and O–H groups in total. The van der Waals surface area contributed by atoms with Crippen LogP contribution in [0.5, 0.6) is 0 Å². The van der Waals surface area contributed by atoms with Crippen LogP contribution < -0.4 is 5.32 Å². The summed E-state index contributed by atoms with van der Waals surface area (Å²) in [6.07, 6.45) is -1.40. The third-order valence-electron chi connectivity index (χ3n) is 3.59. The van der Waals surface area contributed by atoms with Crippen molar-refractivity contribution in [3.63, 3.8) is 0 Å². The van der Waals surface area contributed by atoms with Gasteiger partial charge in [0.15, 0.2) is 0 Å². The van der Waals surface area contributed by atoms with Gasteiger partial charge in [-0.2, -0.15) is 0 Å². The number of ether oxygens (including phenoxy) is 1. The second kappa shape index (κ2) is 7.09.